The van der Waals surface area contributed by atoms with Crippen molar-refractivity contribution in [3.8, 4) is 11.8 Å². The van der Waals surface area contributed by atoms with Crippen molar-refractivity contribution in [1.29, 1.82) is 5.26 Å². The minimum absolute atomic E-state index is 0.0445. The lowest BCUT2D eigenvalue weighted by Gasteiger charge is -2.32. The Labute approximate surface area is 255 Å². The number of nitriles is 1. The van der Waals surface area contributed by atoms with E-state index in [1.165, 1.54) is 11.8 Å². The molecule has 43 heavy (non-hydrogen) atoms. The molecule has 2 amide bonds. The Morgan fingerprint density at radius 2 is 1.79 bits per heavy atom. The molecule has 0 bridgehead atoms. The van der Waals surface area contributed by atoms with Crippen LogP contribution in [0.1, 0.15) is 62.7 Å². The van der Waals surface area contributed by atoms with Gasteiger partial charge in [0.15, 0.2) is 0 Å². The van der Waals surface area contributed by atoms with Crippen LogP contribution in [0.25, 0.3) is 10.2 Å². The maximum atomic E-state index is 13.1. The number of aromatic nitrogens is 2. The van der Waals surface area contributed by atoms with Gasteiger partial charge in [0.1, 0.15) is 17.5 Å². The molecule has 4 heterocycles. The van der Waals surface area contributed by atoms with Crippen LogP contribution in [0.4, 0.5) is 0 Å². The van der Waals surface area contributed by atoms with Crippen LogP contribution in [-0.2, 0) is 6.54 Å². The van der Waals surface area contributed by atoms with Crippen LogP contribution in [-0.4, -0.2) is 69.9 Å². The Hall–Kier alpha value is -4.33. The number of ether oxygens (including phenoxy) is 1. The number of piperidine rings is 2. The van der Waals surface area contributed by atoms with E-state index in [1.807, 2.05) is 49.4 Å². The third-order valence-electron chi connectivity index (χ3n) is 8.15. The van der Waals surface area contributed by atoms with E-state index in [4.69, 9.17) is 10.00 Å². The average molecular weight is 595 g/mol. The number of likely N-dealkylation sites (tertiary alicyclic amines) is 2. The molecule has 1 N–H and O–H groups in total. The SMILES string of the molecule is Cc1nc2cc(OC3CCN(C(=O)c4ccc(C(=O)NC5CCN(Cc6ccc(C#N)cc6)CC5)cn4)CC3)ccc2s1. The van der Waals surface area contributed by atoms with Gasteiger partial charge in [-0.3, -0.25) is 19.5 Å². The first-order chi connectivity index (χ1) is 20.9. The van der Waals surface area contributed by atoms with Gasteiger partial charge in [-0.1, -0.05) is 12.1 Å². The van der Waals surface area contributed by atoms with Gasteiger partial charge in [-0.25, -0.2) is 4.98 Å². The number of fused-ring (bicyclic) bond motifs is 1. The molecule has 2 aromatic heterocycles. The summed E-state index contributed by atoms with van der Waals surface area (Å²) in [4.78, 5) is 39.0. The fraction of sp³-hybridized carbons (Fsp3) is 0.364. The second kappa shape index (κ2) is 12.9. The molecule has 220 valence electrons. The second-order valence-electron chi connectivity index (χ2n) is 11.2. The second-order valence-corrected chi connectivity index (χ2v) is 12.5. The lowest BCUT2D eigenvalue weighted by Crippen LogP contribution is -2.44. The molecule has 2 aromatic carbocycles. The summed E-state index contributed by atoms with van der Waals surface area (Å²) >= 11 is 1.67. The molecule has 2 saturated heterocycles. The van der Waals surface area contributed by atoms with Crippen molar-refractivity contribution in [2.45, 2.75) is 51.3 Å². The summed E-state index contributed by atoms with van der Waals surface area (Å²) in [6, 6.07) is 19.3. The van der Waals surface area contributed by atoms with Crippen LogP contribution < -0.4 is 10.1 Å². The minimum atomic E-state index is -0.166. The molecular weight excluding hydrogens is 560 g/mol. The third-order valence-corrected chi connectivity index (χ3v) is 9.11. The highest BCUT2D eigenvalue weighted by Gasteiger charge is 2.26. The van der Waals surface area contributed by atoms with Crippen molar-refractivity contribution in [3.63, 3.8) is 0 Å². The normalized spacial score (nSPS) is 16.6. The summed E-state index contributed by atoms with van der Waals surface area (Å²) in [5.74, 6) is 0.521. The molecular formula is C33H34N6O3S. The molecule has 6 rings (SSSR count). The Balaban J connectivity index is 0.944. The molecule has 9 nitrogen and oxygen atoms in total. The van der Waals surface area contributed by atoms with Crippen LogP contribution in [0.15, 0.2) is 60.8 Å². The average Bonchev–Trinajstić information content (AvgIpc) is 3.42. The van der Waals surface area contributed by atoms with E-state index < -0.39 is 0 Å². The Morgan fingerprint density at radius 3 is 2.49 bits per heavy atom. The molecule has 2 aliphatic rings. The lowest BCUT2D eigenvalue weighted by atomic mass is 10.0. The van der Waals surface area contributed by atoms with E-state index in [-0.39, 0.29) is 24.0 Å². The number of nitrogens with one attached hydrogen (secondary N) is 1. The number of carbonyl (C=O) groups excluding carboxylic acids is 2. The van der Waals surface area contributed by atoms with E-state index >= 15 is 0 Å². The summed E-state index contributed by atoms with van der Waals surface area (Å²) in [7, 11) is 0. The number of amides is 2. The molecule has 2 fully saturated rings. The first-order valence-corrected chi connectivity index (χ1v) is 15.6. The number of nitrogens with zero attached hydrogens (tertiary/aromatic N) is 5. The highest BCUT2D eigenvalue weighted by Crippen LogP contribution is 2.27. The van der Waals surface area contributed by atoms with Crippen molar-refractivity contribution >= 4 is 33.4 Å². The van der Waals surface area contributed by atoms with Gasteiger partial charge < -0.3 is 15.0 Å². The highest BCUT2D eigenvalue weighted by molar-refractivity contribution is 7.18. The van der Waals surface area contributed by atoms with Gasteiger partial charge >= 0.3 is 0 Å². The number of pyridine rings is 1. The van der Waals surface area contributed by atoms with Gasteiger partial charge in [-0.15, -0.1) is 11.3 Å². The molecule has 0 aliphatic carbocycles. The number of thiazole rings is 1. The van der Waals surface area contributed by atoms with Crippen LogP contribution in [0.2, 0.25) is 0 Å². The largest absolute Gasteiger partial charge is 0.490 e. The lowest BCUT2D eigenvalue weighted by molar-refractivity contribution is 0.0590. The molecule has 0 saturated carbocycles. The van der Waals surface area contributed by atoms with Crippen LogP contribution in [0.5, 0.6) is 5.75 Å². The van der Waals surface area contributed by atoms with Crippen molar-refractivity contribution in [3.05, 3.63) is 88.2 Å². The molecule has 0 unspecified atom stereocenters. The van der Waals surface area contributed by atoms with Crippen LogP contribution >= 0.6 is 11.3 Å². The Morgan fingerprint density at radius 1 is 1.02 bits per heavy atom. The predicted octanol–water partition coefficient (Wildman–Crippen LogP) is 4.95. The number of benzene rings is 2. The summed E-state index contributed by atoms with van der Waals surface area (Å²) in [6.07, 6.45) is 4.76. The minimum Gasteiger partial charge on any atom is -0.490 e. The van der Waals surface area contributed by atoms with E-state index in [0.717, 1.165) is 66.3 Å². The molecule has 0 radical (unpaired) electrons. The summed E-state index contributed by atoms with van der Waals surface area (Å²) in [5, 5.41) is 13.1. The number of rotatable bonds is 7. The highest BCUT2D eigenvalue weighted by atomic mass is 32.1. The quantitative estimate of drug-likeness (QED) is 0.322. The number of carbonyl (C=O) groups is 2. The fourth-order valence-electron chi connectivity index (χ4n) is 5.73. The number of hydrogen-bond donors (Lipinski definition) is 1. The van der Waals surface area contributed by atoms with E-state index in [2.05, 4.69) is 26.3 Å². The summed E-state index contributed by atoms with van der Waals surface area (Å²) < 4.78 is 7.36. The molecule has 0 spiro atoms. The van der Waals surface area contributed by atoms with Gasteiger partial charge in [0.2, 0.25) is 0 Å². The molecule has 0 atom stereocenters. The number of aryl methyl sites for hydroxylation is 1. The van der Waals surface area contributed by atoms with Crippen LogP contribution in [0, 0.1) is 18.3 Å². The van der Waals surface area contributed by atoms with E-state index in [0.29, 0.717) is 29.9 Å². The van der Waals surface area contributed by atoms with Gasteiger partial charge in [0, 0.05) is 63.9 Å². The predicted molar refractivity (Wildman–Crippen MR) is 165 cm³/mol. The zero-order chi connectivity index (χ0) is 29.8. The van der Waals surface area contributed by atoms with Crippen molar-refractivity contribution in [2.24, 2.45) is 0 Å². The van der Waals surface area contributed by atoms with Gasteiger partial charge in [0.05, 0.1) is 32.4 Å². The van der Waals surface area contributed by atoms with Gasteiger partial charge in [-0.05, 0) is 61.7 Å². The number of hydrogen-bond acceptors (Lipinski definition) is 8. The zero-order valence-electron chi connectivity index (χ0n) is 24.2. The Kier molecular flexibility index (Phi) is 8.63. The fourth-order valence-corrected chi connectivity index (χ4v) is 6.54. The topological polar surface area (TPSA) is 111 Å². The van der Waals surface area contributed by atoms with Gasteiger partial charge in [0.25, 0.3) is 11.8 Å². The first-order valence-electron chi connectivity index (χ1n) is 14.7. The van der Waals surface area contributed by atoms with Crippen LogP contribution in [0.3, 0.4) is 0 Å². The molecule has 10 heteroatoms. The van der Waals surface area contributed by atoms with Crippen molar-refractivity contribution in [1.82, 2.24) is 25.1 Å². The molecule has 4 aromatic rings. The zero-order valence-corrected chi connectivity index (χ0v) is 25.0. The van der Waals surface area contributed by atoms with E-state index in [9.17, 15) is 9.59 Å². The smallest absolute Gasteiger partial charge is 0.272 e. The monoisotopic (exact) mass is 594 g/mol. The van der Waals surface area contributed by atoms with Gasteiger partial charge in [-0.2, -0.15) is 5.26 Å². The van der Waals surface area contributed by atoms with E-state index in [1.54, 1.807) is 28.4 Å². The van der Waals surface area contributed by atoms with Crippen molar-refractivity contribution < 1.29 is 14.3 Å². The summed E-state index contributed by atoms with van der Waals surface area (Å²) in [6.45, 7) is 5.80. The third kappa shape index (κ3) is 7.01. The standard InChI is InChI=1S/C33H34N6O3S/c1-22-36-30-18-28(7-9-31(30)43-22)42-27-12-16-39(17-13-27)33(41)29-8-6-25(20-35-29)32(40)37-26-10-14-38(15-11-26)21-24-4-2-23(19-34)3-5-24/h2-9,18,20,26-27H,10-17,21H2,1H3,(H,37,40). The maximum absolute atomic E-state index is 13.1. The first kappa shape index (κ1) is 28.8. The molecule has 2 aliphatic heterocycles. The summed E-state index contributed by atoms with van der Waals surface area (Å²) in [5.41, 5.74) is 3.60. The maximum Gasteiger partial charge on any atom is 0.272 e. The Bertz CT molecular complexity index is 1630. The van der Waals surface area contributed by atoms with Crippen molar-refractivity contribution in [2.75, 3.05) is 26.2 Å².